The molecule has 2 aromatic rings. The maximum absolute atomic E-state index is 10.3. The van der Waals surface area contributed by atoms with Crippen molar-refractivity contribution in [1.29, 1.82) is 10.8 Å². The summed E-state index contributed by atoms with van der Waals surface area (Å²) in [5.74, 6) is 0.442. The number of likely N-dealkylation sites (tertiary alicyclic amines) is 1. The van der Waals surface area contributed by atoms with E-state index in [1.165, 1.54) is 12.8 Å². The summed E-state index contributed by atoms with van der Waals surface area (Å²) in [5, 5.41) is 34.6. The zero-order valence-electron chi connectivity index (χ0n) is 15.2. The highest BCUT2D eigenvalue weighted by atomic mass is 16.3. The number of allylic oxidation sites excluding steroid dienone is 1. The van der Waals surface area contributed by atoms with Gasteiger partial charge in [0.05, 0.1) is 11.4 Å². The van der Waals surface area contributed by atoms with Crippen LogP contribution in [0.4, 0.5) is 0 Å². The second kappa shape index (κ2) is 7.00. The van der Waals surface area contributed by atoms with E-state index in [0.717, 1.165) is 31.7 Å². The second-order valence-corrected chi connectivity index (χ2v) is 7.27. The molecule has 140 valence electrons. The van der Waals surface area contributed by atoms with E-state index in [1.54, 1.807) is 41.4 Å². The van der Waals surface area contributed by atoms with Crippen LogP contribution >= 0.6 is 0 Å². The molecule has 1 unspecified atom stereocenters. The SMILES string of the molecule is N=C(/C=C\C(=N)N1CCC2(CCCN2)C1)c1ccc(-n2cccn2)cc1O. The maximum atomic E-state index is 10.3. The number of rotatable bonds is 4. The van der Waals surface area contributed by atoms with E-state index in [9.17, 15) is 5.11 Å². The van der Waals surface area contributed by atoms with E-state index in [4.69, 9.17) is 10.8 Å². The van der Waals surface area contributed by atoms with Crippen LogP contribution in [0.25, 0.3) is 5.69 Å². The number of phenolic OH excluding ortho intramolecular Hbond substituents is 1. The second-order valence-electron chi connectivity index (χ2n) is 7.27. The molecule has 0 radical (unpaired) electrons. The minimum atomic E-state index is 0.0273. The average Bonchev–Trinajstić information content (AvgIpc) is 3.43. The fraction of sp³-hybridized carbons (Fsp3) is 0.350. The molecule has 1 atom stereocenters. The molecule has 0 aliphatic carbocycles. The Morgan fingerprint density at radius 2 is 2.15 bits per heavy atom. The number of aromatic hydroxyl groups is 1. The first kappa shape index (κ1) is 17.5. The number of nitrogens with one attached hydrogen (secondary N) is 3. The van der Waals surface area contributed by atoms with Gasteiger partial charge in [-0.3, -0.25) is 5.41 Å². The Labute approximate surface area is 158 Å². The first-order valence-corrected chi connectivity index (χ1v) is 9.25. The maximum Gasteiger partial charge on any atom is 0.127 e. The summed E-state index contributed by atoms with van der Waals surface area (Å²) in [4.78, 5) is 2.06. The minimum Gasteiger partial charge on any atom is -0.507 e. The van der Waals surface area contributed by atoms with E-state index in [1.807, 2.05) is 12.1 Å². The number of benzene rings is 1. The van der Waals surface area contributed by atoms with Gasteiger partial charge in [0.2, 0.25) is 0 Å². The highest BCUT2D eigenvalue weighted by Gasteiger charge is 2.40. The van der Waals surface area contributed by atoms with Crippen molar-refractivity contribution >= 4 is 11.5 Å². The van der Waals surface area contributed by atoms with Gasteiger partial charge in [-0.05, 0) is 56.2 Å². The summed E-state index contributed by atoms with van der Waals surface area (Å²) in [5.41, 5.74) is 1.52. The standard InChI is InChI=1S/C20H24N6O/c21-17(16-4-3-15(13-18(16)27)26-11-2-10-24-26)5-6-19(22)25-12-8-20(14-25)7-1-9-23-20/h2-6,10-11,13,21-23,27H,1,7-9,12,14H2/b6-5-,21-17?,22-19?. The van der Waals surface area contributed by atoms with Crippen molar-refractivity contribution in [1.82, 2.24) is 20.0 Å². The summed E-state index contributed by atoms with van der Waals surface area (Å²) in [6, 6.07) is 6.92. The van der Waals surface area contributed by atoms with Gasteiger partial charge in [-0.1, -0.05) is 0 Å². The molecule has 1 spiro atoms. The molecule has 2 fully saturated rings. The van der Waals surface area contributed by atoms with Gasteiger partial charge in [0.15, 0.2) is 0 Å². The van der Waals surface area contributed by atoms with E-state index in [0.29, 0.717) is 11.4 Å². The van der Waals surface area contributed by atoms with Gasteiger partial charge in [0, 0.05) is 42.7 Å². The van der Waals surface area contributed by atoms with Crippen molar-refractivity contribution in [3.63, 3.8) is 0 Å². The Kier molecular flexibility index (Phi) is 4.53. The van der Waals surface area contributed by atoms with E-state index < -0.39 is 0 Å². The molecular weight excluding hydrogens is 340 g/mol. The monoisotopic (exact) mass is 364 g/mol. The van der Waals surface area contributed by atoms with Crippen LogP contribution in [0.5, 0.6) is 5.75 Å². The van der Waals surface area contributed by atoms with Crippen LogP contribution in [0.2, 0.25) is 0 Å². The molecule has 7 nitrogen and oxygen atoms in total. The fourth-order valence-corrected chi connectivity index (χ4v) is 3.96. The summed E-state index contributed by atoms with van der Waals surface area (Å²) >= 11 is 0. The van der Waals surface area contributed by atoms with Crippen LogP contribution in [0.3, 0.4) is 0 Å². The average molecular weight is 364 g/mol. The largest absolute Gasteiger partial charge is 0.507 e. The molecule has 0 amide bonds. The summed E-state index contributed by atoms with van der Waals surface area (Å²) < 4.78 is 1.65. The molecule has 0 bridgehead atoms. The third-order valence-electron chi connectivity index (χ3n) is 5.47. The van der Waals surface area contributed by atoms with Crippen molar-refractivity contribution in [3.05, 3.63) is 54.4 Å². The van der Waals surface area contributed by atoms with Gasteiger partial charge < -0.3 is 20.7 Å². The number of hydrogen-bond donors (Lipinski definition) is 4. The van der Waals surface area contributed by atoms with Crippen LogP contribution in [0.1, 0.15) is 24.8 Å². The van der Waals surface area contributed by atoms with Crippen molar-refractivity contribution in [2.24, 2.45) is 0 Å². The van der Waals surface area contributed by atoms with Crippen molar-refractivity contribution in [3.8, 4) is 11.4 Å². The molecule has 27 heavy (non-hydrogen) atoms. The van der Waals surface area contributed by atoms with E-state index in [2.05, 4.69) is 15.3 Å². The van der Waals surface area contributed by atoms with Crippen LogP contribution in [-0.2, 0) is 0 Å². The Hall–Kier alpha value is -2.93. The smallest absolute Gasteiger partial charge is 0.127 e. The van der Waals surface area contributed by atoms with Gasteiger partial charge >= 0.3 is 0 Å². The number of phenols is 1. The Morgan fingerprint density at radius 3 is 2.85 bits per heavy atom. The molecule has 7 heteroatoms. The molecular formula is C20H24N6O. The molecule has 1 aromatic carbocycles. The molecule has 2 aliphatic rings. The predicted molar refractivity (Wildman–Crippen MR) is 105 cm³/mol. The first-order chi connectivity index (χ1) is 13.1. The molecule has 2 aliphatic heterocycles. The fourth-order valence-electron chi connectivity index (χ4n) is 3.96. The van der Waals surface area contributed by atoms with Crippen LogP contribution in [0.15, 0.2) is 48.8 Å². The third-order valence-corrected chi connectivity index (χ3v) is 5.47. The number of nitrogens with zero attached hydrogens (tertiary/aromatic N) is 3. The molecule has 2 saturated heterocycles. The molecule has 1 aromatic heterocycles. The number of amidine groups is 1. The zero-order valence-corrected chi connectivity index (χ0v) is 15.2. The highest BCUT2D eigenvalue weighted by molar-refractivity contribution is 6.11. The van der Waals surface area contributed by atoms with Crippen LogP contribution in [0, 0.1) is 10.8 Å². The zero-order chi connectivity index (χ0) is 18.9. The predicted octanol–water partition coefficient (Wildman–Crippen LogP) is 2.31. The van der Waals surface area contributed by atoms with Crippen molar-refractivity contribution in [2.45, 2.75) is 24.8 Å². The van der Waals surface area contributed by atoms with E-state index >= 15 is 0 Å². The number of hydrogen-bond acceptors (Lipinski definition) is 5. The Bertz CT molecular complexity index is 880. The lowest BCUT2D eigenvalue weighted by Crippen LogP contribution is -2.43. The molecule has 4 N–H and O–H groups in total. The van der Waals surface area contributed by atoms with Crippen molar-refractivity contribution < 1.29 is 5.11 Å². The van der Waals surface area contributed by atoms with Gasteiger partial charge in [-0.15, -0.1) is 0 Å². The Balaban J connectivity index is 1.42. The normalized spacial score (nSPS) is 22.1. The number of aromatic nitrogens is 2. The molecule has 0 saturated carbocycles. The van der Waals surface area contributed by atoms with E-state index in [-0.39, 0.29) is 17.0 Å². The van der Waals surface area contributed by atoms with Gasteiger partial charge in [-0.25, -0.2) is 4.68 Å². The first-order valence-electron chi connectivity index (χ1n) is 9.25. The van der Waals surface area contributed by atoms with Gasteiger partial charge in [0.1, 0.15) is 11.6 Å². The van der Waals surface area contributed by atoms with Crippen LogP contribution < -0.4 is 5.32 Å². The highest BCUT2D eigenvalue weighted by Crippen LogP contribution is 2.30. The third kappa shape index (κ3) is 3.50. The van der Waals surface area contributed by atoms with Crippen LogP contribution in [-0.4, -0.2) is 56.5 Å². The van der Waals surface area contributed by atoms with Crippen molar-refractivity contribution in [2.75, 3.05) is 19.6 Å². The minimum absolute atomic E-state index is 0.0273. The lowest BCUT2D eigenvalue weighted by molar-refractivity contribution is 0.381. The summed E-state index contributed by atoms with van der Waals surface area (Å²) in [6.07, 6.45) is 10.1. The Morgan fingerprint density at radius 1 is 1.26 bits per heavy atom. The lowest BCUT2D eigenvalue weighted by atomic mass is 9.97. The topological polar surface area (TPSA) is 101 Å². The quantitative estimate of drug-likeness (QED) is 0.494. The summed E-state index contributed by atoms with van der Waals surface area (Å²) in [7, 11) is 0. The van der Waals surface area contributed by atoms with Gasteiger partial charge in [-0.2, -0.15) is 5.10 Å². The van der Waals surface area contributed by atoms with Gasteiger partial charge in [0.25, 0.3) is 0 Å². The lowest BCUT2D eigenvalue weighted by Gasteiger charge is -2.24. The molecule has 4 rings (SSSR count). The molecule has 3 heterocycles. The summed E-state index contributed by atoms with van der Waals surface area (Å²) in [6.45, 7) is 2.79.